The van der Waals surface area contributed by atoms with Gasteiger partial charge in [0.2, 0.25) is 6.08 Å². The van der Waals surface area contributed by atoms with Crippen molar-refractivity contribution in [3.8, 4) is 0 Å². The van der Waals surface area contributed by atoms with Crippen LogP contribution >= 0.6 is 23.2 Å². The third-order valence-electron chi connectivity index (χ3n) is 1.02. The summed E-state index contributed by atoms with van der Waals surface area (Å²) in [4.78, 5) is 12.9. The van der Waals surface area contributed by atoms with Crippen molar-refractivity contribution < 1.29 is 4.79 Å². The molecule has 56 valence electrons. The Morgan fingerprint density at radius 3 is 2.60 bits per heavy atom. The van der Waals surface area contributed by atoms with Gasteiger partial charge in [0.25, 0.3) is 0 Å². The van der Waals surface area contributed by atoms with Gasteiger partial charge in [0.05, 0.1) is 0 Å². The van der Waals surface area contributed by atoms with Crippen LogP contribution in [0.3, 0.4) is 0 Å². The summed E-state index contributed by atoms with van der Waals surface area (Å²) in [5, 5.41) is 0.160. The first-order valence-electron chi connectivity index (χ1n) is 2.77. The van der Waals surface area contributed by atoms with Crippen molar-refractivity contribution in [1.82, 2.24) is 0 Å². The SMILES string of the molecule is CC/C(CCl)=C(/Cl)N=C=O. The Hall–Kier alpha value is -0.300. The second-order valence-electron chi connectivity index (χ2n) is 1.58. The maximum atomic E-state index is 9.70. The number of isocyanates is 1. The summed E-state index contributed by atoms with van der Waals surface area (Å²) < 4.78 is 0. The Balaban J connectivity index is 4.41. The quantitative estimate of drug-likeness (QED) is 0.284. The van der Waals surface area contributed by atoms with Crippen LogP contribution in [-0.4, -0.2) is 12.0 Å². The first kappa shape index (κ1) is 9.70. The minimum absolute atomic E-state index is 0.160. The van der Waals surface area contributed by atoms with Crippen LogP contribution in [0.2, 0.25) is 0 Å². The normalized spacial score (nSPS) is 11.9. The summed E-state index contributed by atoms with van der Waals surface area (Å²) in [6.07, 6.45) is 2.05. The second-order valence-corrected chi connectivity index (χ2v) is 2.21. The van der Waals surface area contributed by atoms with Crippen LogP contribution in [0, 0.1) is 0 Å². The molecule has 0 aliphatic heterocycles. The van der Waals surface area contributed by atoms with E-state index in [1.54, 1.807) is 0 Å². The highest BCUT2D eigenvalue weighted by Crippen LogP contribution is 2.14. The van der Waals surface area contributed by atoms with E-state index in [-0.39, 0.29) is 5.16 Å². The van der Waals surface area contributed by atoms with Crippen molar-refractivity contribution >= 4 is 29.3 Å². The second kappa shape index (κ2) is 5.48. The molecule has 0 aromatic carbocycles. The van der Waals surface area contributed by atoms with Crippen molar-refractivity contribution in [1.29, 1.82) is 0 Å². The highest BCUT2D eigenvalue weighted by atomic mass is 35.5. The molecule has 0 aromatic heterocycles. The number of halogens is 2. The smallest absolute Gasteiger partial charge is 0.211 e. The number of rotatable bonds is 3. The van der Waals surface area contributed by atoms with Crippen LogP contribution in [0.5, 0.6) is 0 Å². The molecule has 0 atom stereocenters. The number of carbonyl (C=O) groups excluding carboxylic acids is 1. The fraction of sp³-hybridized carbons (Fsp3) is 0.500. The predicted octanol–water partition coefficient (Wildman–Crippen LogP) is 2.42. The summed E-state index contributed by atoms with van der Waals surface area (Å²) >= 11 is 11.0. The lowest BCUT2D eigenvalue weighted by molar-refractivity contribution is 0.565. The van der Waals surface area contributed by atoms with Gasteiger partial charge in [-0.25, -0.2) is 4.79 Å². The summed E-state index contributed by atoms with van der Waals surface area (Å²) in [5.41, 5.74) is 0.756. The highest BCUT2D eigenvalue weighted by molar-refractivity contribution is 6.31. The number of aliphatic imine (C=N–C) groups is 1. The van der Waals surface area contributed by atoms with Crippen LogP contribution in [-0.2, 0) is 4.79 Å². The highest BCUT2D eigenvalue weighted by Gasteiger charge is 1.98. The van der Waals surface area contributed by atoms with Gasteiger partial charge in [-0.15, -0.1) is 11.6 Å². The third-order valence-corrected chi connectivity index (χ3v) is 1.70. The maximum absolute atomic E-state index is 9.70. The molecule has 0 saturated heterocycles. The Morgan fingerprint density at radius 1 is 1.70 bits per heavy atom. The van der Waals surface area contributed by atoms with Crippen molar-refractivity contribution in [3.63, 3.8) is 0 Å². The van der Waals surface area contributed by atoms with Crippen molar-refractivity contribution in [2.75, 3.05) is 5.88 Å². The van der Waals surface area contributed by atoms with E-state index in [9.17, 15) is 4.79 Å². The fourth-order valence-electron chi connectivity index (χ4n) is 0.415. The lowest BCUT2D eigenvalue weighted by atomic mass is 10.2. The molecule has 0 saturated carbocycles. The van der Waals surface area contributed by atoms with Gasteiger partial charge in [0.1, 0.15) is 5.16 Å². The minimum Gasteiger partial charge on any atom is -0.211 e. The van der Waals surface area contributed by atoms with Crippen LogP contribution in [0.4, 0.5) is 0 Å². The van der Waals surface area contributed by atoms with Crippen molar-refractivity contribution in [2.45, 2.75) is 13.3 Å². The van der Waals surface area contributed by atoms with E-state index < -0.39 is 0 Å². The molecule has 10 heavy (non-hydrogen) atoms. The topological polar surface area (TPSA) is 29.4 Å². The van der Waals surface area contributed by atoms with Gasteiger partial charge in [-0.3, -0.25) is 0 Å². The summed E-state index contributed by atoms with van der Waals surface area (Å²) in [6.45, 7) is 1.89. The maximum Gasteiger partial charge on any atom is 0.241 e. The zero-order valence-electron chi connectivity index (χ0n) is 5.53. The molecule has 0 spiro atoms. The van der Waals surface area contributed by atoms with E-state index in [0.717, 1.165) is 5.57 Å². The monoisotopic (exact) mass is 179 g/mol. The first-order chi connectivity index (χ1) is 4.76. The fourth-order valence-corrected chi connectivity index (χ4v) is 1.03. The molecule has 0 aliphatic carbocycles. The van der Waals surface area contributed by atoms with Gasteiger partial charge in [-0.2, -0.15) is 4.99 Å². The number of hydrogen-bond donors (Lipinski definition) is 0. The first-order valence-corrected chi connectivity index (χ1v) is 3.68. The Bertz CT molecular complexity index is 176. The number of alkyl halides is 1. The number of nitrogens with zero attached hydrogens (tertiary/aromatic N) is 1. The third kappa shape index (κ3) is 3.02. The summed E-state index contributed by atoms with van der Waals surface area (Å²) in [6, 6.07) is 0. The molecule has 0 N–H and O–H groups in total. The summed E-state index contributed by atoms with van der Waals surface area (Å²) in [7, 11) is 0. The standard InChI is InChI=1S/C6H7Cl2NO/c1-2-5(3-7)6(8)9-4-10/h2-3H2,1H3/b6-5+. The molecule has 2 nitrogen and oxygen atoms in total. The molecule has 0 aromatic rings. The number of hydrogen-bond acceptors (Lipinski definition) is 2. The van der Waals surface area contributed by atoms with Crippen LogP contribution < -0.4 is 0 Å². The molecule has 0 amide bonds. The molecule has 0 bridgehead atoms. The van der Waals surface area contributed by atoms with E-state index in [2.05, 4.69) is 4.99 Å². The number of allylic oxidation sites excluding steroid dienone is 1. The molecule has 0 unspecified atom stereocenters. The average molecular weight is 180 g/mol. The van der Waals surface area contributed by atoms with Crippen LogP contribution in [0.15, 0.2) is 15.7 Å². The van der Waals surface area contributed by atoms with E-state index in [1.165, 1.54) is 6.08 Å². The van der Waals surface area contributed by atoms with Crippen LogP contribution in [0.25, 0.3) is 0 Å². The van der Waals surface area contributed by atoms with E-state index in [0.29, 0.717) is 12.3 Å². The lowest BCUT2D eigenvalue weighted by Crippen LogP contribution is -1.84. The lowest BCUT2D eigenvalue weighted by Gasteiger charge is -1.96. The zero-order valence-corrected chi connectivity index (χ0v) is 7.04. The van der Waals surface area contributed by atoms with E-state index in [1.807, 2.05) is 6.92 Å². The molecule has 0 aliphatic rings. The van der Waals surface area contributed by atoms with Gasteiger partial charge < -0.3 is 0 Å². The molecule has 4 heteroatoms. The Morgan fingerprint density at radius 2 is 2.30 bits per heavy atom. The van der Waals surface area contributed by atoms with E-state index >= 15 is 0 Å². The van der Waals surface area contributed by atoms with Gasteiger partial charge in [-0.05, 0) is 12.0 Å². The molecular formula is C6H7Cl2NO. The van der Waals surface area contributed by atoms with Gasteiger partial charge in [-0.1, -0.05) is 18.5 Å². The van der Waals surface area contributed by atoms with Crippen molar-refractivity contribution in [3.05, 3.63) is 10.7 Å². The molecule has 0 radical (unpaired) electrons. The minimum atomic E-state index is 0.160. The van der Waals surface area contributed by atoms with Crippen LogP contribution in [0.1, 0.15) is 13.3 Å². The summed E-state index contributed by atoms with van der Waals surface area (Å²) in [5.74, 6) is 0.306. The largest absolute Gasteiger partial charge is 0.241 e. The molecule has 0 heterocycles. The van der Waals surface area contributed by atoms with Gasteiger partial charge in [0, 0.05) is 5.88 Å². The van der Waals surface area contributed by atoms with E-state index in [4.69, 9.17) is 23.2 Å². The van der Waals surface area contributed by atoms with Gasteiger partial charge in [0.15, 0.2) is 0 Å². The zero-order chi connectivity index (χ0) is 7.98. The molecule has 0 fully saturated rings. The predicted molar refractivity (Wildman–Crippen MR) is 42.0 cm³/mol. The average Bonchev–Trinajstić information content (AvgIpc) is 1.91. The van der Waals surface area contributed by atoms with Gasteiger partial charge >= 0.3 is 0 Å². The van der Waals surface area contributed by atoms with Crippen molar-refractivity contribution in [2.24, 2.45) is 4.99 Å². The Kier molecular flexibility index (Phi) is 5.32. The Labute approximate surface area is 69.5 Å². The molecule has 0 rings (SSSR count). The molecular weight excluding hydrogens is 173 g/mol.